The summed E-state index contributed by atoms with van der Waals surface area (Å²) in [5, 5.41) is 39.9. The molecule has 8 heteroatoms. The van der Waals surface area contributed by atoms with Crippen molar-refractivity contribution in [2.45, 2.75) is 102 Å². The minimum Gasteiger partial charge on any atom is -0.479 e. The molecule has 0 aromatic heterocycles. The molecule has 4 fully saturated rings. The fraction of sp³-hybridized carbons (Fsp3) is 0.840. The second-order valence-corrected chi connectivity index (χ2v) is 11.5. The second kappa shape index (κ2) is 8.12. The van der Waals surface area contributed by atoms with Gasteiger partial charge >= 0.3 is 5.97 Å². The van der Waals surface area contributed by atoms with Gasteiger partial charge in [0.15, 0.2) is 18.2 Å². The maximum Gasteiger partial charge on any atom is 0.335 e. The van der Waals surface area contributed by atoms with E-state index in [2.05, 4.69) is 13.8 Å². The van der Waals surface area contributed by atoms with Gasteiger partial charge in [-0.15, -0.1) is 0 Å². The van der Waals surface area contributed by atoms with Gasteiger partial charge < -0.3 is 29.9 Å². The number of carbonyl (C=O) groups excluding carboxylic acids is 1. The fourth-order valence-electron chi connectivity index (χ4n) is 8.06. The molecule has 184 valence electrons. The van der Waals surface area contributed by atoms with Crippen LogP contribution in [0.25, 0.3) is 0 Å². The Morgan fingerprint density at radius 2 is 1.76 bits per heavy atom. The van der Waals surface area contributed by atoms with Crippen molar-refractivity contribution in [3.63, 3.8) is 0 Å². The summed E-state index contributed by atoms with van der Waals surface area (Å²) in [7, 11) is 0. The van der Waals surface area contributed by atoms with Gasteiger partial charge in [-0.25, -0.2) is 4.79 Å². The van der Waals surface area contributed by atoms with Crippen LogP contribution in [0.5, 0.6) is 0 Å². The van der Waals surface area contributed by atoms with Crippen LogP contribution in [0.2, 0.25) is 0 Å². The number of aliphatic hydroxyl groups excluding tert-OH is 3. The molecule has 5 rings (SSSR count). The lowest BCUT2D eigenvalue weighted by atomic mass is 9.47. The summed E-state index contributed by atoms with van der Waals surface area (Å²) in [6.45, 7) is 4.58. The van der Waals surface area contributed by atoms with Crippen molar-refractivity contribution in [1.82, 2.24) is 0 Å². The number of hydrogen-bond donors (Lipinski definition) is 4. The number of allylic oxidation sites excluding steroid dienone is 1. The van der Waals surface area contributed by atoms with Crippen LogP contribution >= 0.6 is 0 Å². The molecule has 0 bridgehead atoms. The number of rotatable bonds is 3. The van der Waals surface area contributed by atoms with Crippen molar-refractivity contribution in [3.8, 4) is 0 Å². The van der Waals surface area contributed by atoms with Crippen LogP contribution in [-0.2, 0) is 19.1 Å². The average molecular weight is 465 g/mol. The summed E-state index contributed by atoms with van der Waals surface area (Å²) in [4.78, 5) is 23.5. The third-order valence-corrected chi connectivity index (χ3v) is 9.99. The van der Waals surface area contributed by atoms with E-state index in [0.717, 1.165) is 44.9 Å². The van der Waals surface area contributed by atoms with Gasteiger partial charge in [-0.1, -0.05) is 19.4 Å². The molecule has 0 aromatic rings. The van der Waals surface area contributed by atoms with Crippen LogP contribution in [0.1, 0.15) is 65.2 Å². The molecule has 11 atom stereocenters. The number of fused-ring (bicyclic) bond motifs is 5. The standard InChI is InChI=1S/C25H36O8/c1-24-9-7-13(26)11-12(24)3-4-14-15-5-6-17(25(15,2)10-8-16(14)24)32-23-20(29)18(27)19(28)21(33-23)22(30)31/h11,14-21,23,27-29H,3-10H2,1-2H3,(H,30,31)/t14?,15?,16?,17?,18?,19?,20?,21?,23?,24-,25-/m0/s1. The Kier molecular flexibility index (Phi) is 5.77. The molecule has 4 N–H and O–H groups in total. The van der Waals surface area contributed by atoms with Gasteiger partial charge in [0, 0.05) is 6.42 Å². The molecular weight excluding hydrogens is 428 g/mol. The molecule has 1 heterocycles. The lowest BCUT2D eigenvalue weighted by Crippen LogP contribution is -2.61. The zero-order valence-electron chi connectivity index (χ0n) is 19.4. The molecule has 33 heavy (non-hydrogen) atoms. The van der Waals surface area contributed by atoms with E-state index in [1.54, 1.807) is 0 Å². The fourth-order valence-corrected chi connectivity index (χ4v) is 8.06. The van der Waals surface area contributed by atoms with Gasteiger partial charge in [-0.05, 0) is 79.6 Å². The van der Waals surface area contributed by atoms with Gasteiger partial charge in [0.05, 0.1) is 6.10 Å². The Balaban J connectivity index is 1.34. The third-order valence-electron chi connectivity index (χ3n) is 9.99. The maximum absolute atomic E-state index is 12.0. The number of ketones is 1. The molecule has 8 nitrogen and oxygen atoms in total. The number of carboxylic acids is 1. The summed E-state index contributed by atoms with van der Waals surface area (Å²) < 4.78 is 11.6. The molecule has 5 aliphatic rings. The van der Waals surface area contributed by atoms with Gasteiger partial charge in [-0.3, -0.25) is 4.79 Å². The van der Waals surface area contributed by atoms with Crippen LogP contribution in [0.4, 0.5) is 0 Å². The number of aliphatic hydroxyl groups is 3. The zero-order chi connectivity index (χ0) is 23.7. The lowest BCUT2D eigenvalue weighted by Gasteiger charge is -2.58. The molecule has 9 unspecified atom stereocenters. The van der Waals surface area contributed by atoms with E-state index in [1.165, 1.54) is 5.57 Å². The van der Waals surface area contributed by atoms with Crippen LogP contribution in [0.3, 0.4) is 0 Å². The Labute approximate surface area is 194 Å². The van der Waals surface area contributed by atoms with Crippen molar-refractivity contribution in [3.05, 3.63) is 11.6 Å². The largest absolute Gasteiger partial charge is 0.479 e. The van der Waals surface area contributed by atoms with E-state index < -0.39 is 36.7 Å². The molecule has 0 aromatic carbocycles. The molecule has 4 aliphatic carbocycles. The molecule has 0 radical (unpaired) electrons. The van der Waals surface area contributed by atoms with E-state index in [-0.39, 0.29) is 22.7 Å². The molecule has 1 saturated heterocycles. The Morgan fingerprint density at radius 3 is 2.48 bits per heavy atom. The first-order chi connectivity index (χ1) is 15.6. The predicted molar refractivity (Wildman–Crippen MR) is 116 cm³/mol. The number of aliphatic carboxylic acids is 1. The summed E-state index contributed by atoms with van der Waals surface area (Å²) >= 11 is 0. The van der Waals surface area contributed by atoms with E-state index in [1.807, 2.05) is 6.08 Å². The number of hydrogen-bond acceptors (Lipinski definition) is 7. The summed E-state index contributed by atoms with van der Waals surface area (Å²) in [6, 6.07) is 0. The highest BCUT2D eigenvalue weighted by Gasteiger charge is 2.60. The highest BCUT2D eigenvalue weighted by molar-refractivity contribution is 5.91. The van der Waals surface area contributed by atoms with Crippen LogP contribution in [-0.4, -0.2) is 69.0 Å². The number of carboxylic acid groups (broad SMARTS) is 1. The third kappa shape index (κ3) is 3.52. The monoisotopic (exact) mass is 464 g/mol. The highest BCUT2D eigenvalue weighted by Crippen LogP contribution is 2.65. The lowest BCUT2D eigenvalue weighted by molar-refractivity contribution is -0.312. The average Bonchev–Trinajstić information content (AvgIpc) is 3.10. The van der Waals surface area contributed by atoms with Crippen molar-refractivity contribution in [2.24, 2.45) is 28.6 Å². The van der Waals surface area contributed by atoms with Crippen molar-refractivity contribution >= 4 is 11.8 Å². The molecule has 3 saturated carbocycles. The maximum atomic E-state index is 12.0. The van der Waals surface area contributed by atoms with E-state index in [4.69, 9.17) is 9.47 Å². The topological polar surface area (TPSA) is 134 Å². The van der Waals surface area contributed by atoms with Gasteiger partial charge in [-0.2, -0.15) is 0 Å². The normalized spacial score (nSPS) is 51.8. The van der Waals surface area contributed by atoms with Crippen LogP contribution < -0.4 is 0 Å². The molecular formula is C25H36O8. The quantitative estimate of drug-likeness (QED) is 0.497. The summed E-state index contributed by atoms with van der Waals surface area (Å²) in [5.41, 5.74) is 1.29. The predicted octanol–water partition coefficient (Wildman–Crippen LogP) is 1.80. The SMILES string of the molecule is C[C@]12CCC3C(CCC4=CC(=O)CC[C@@]43C)C1CCC2OC1OC(C(=O)O)C(O)C(O)C1O. The van der Waals surface area contributed by atoms with Crippen molar-refractivity contribution < 1.29 is 39.5 Å². The summed E-state index contributed by atoms with van der Waals surface area (Å²) in [5.74, 6) is 0.400. The number of ether oxygens (including phenoxy) is 2. The summed E-state index contributed by atoms with van der Waals surface area (Å²) in [6.07, 6.45) is 1.24. The van der Waals surface area contributed by atoms with Crippen LogP contribution in [0.15, 0.2) is 11.6 Å². The number of carbonyl (C=O) groups is 2. The molecule has 0 spiro atoms. The van der Waals surface area contributed by atoms with E-state index >= 15 is 0 Å². The first-order valence-electron chi connectivity index (χ1n) is 12.4. The van der Waals surface area contributed by atoms with Gasteiger partial charge in [0.25, 0.3) is 0 Å². The van der Waals surface area contributed by atoms with Crippen molar-refractivity contribution in [2.75, 3.05) is 0 Å². The Bertz CT molecular complexity index is 855. The first kappa shape index (κ1) is 23.4. The minimum absolute atomic E-state index is 0.0920. The van der Waals surface area contributed by atoms with Crippen molar-refractivity contribution in [1.29, 1.82) is 0 Å². The molecule has 1 aliphatic heterocycles. The van der Waals surface area contributed by atoms with Crippen LogP contribution in [0, 0.1) is 28.6 Å². The smallest absolute Gasteiger partial charge is 0.335 e. The second-order valence-electron chi connectivity index (χ2n) is 11.5. The van der Waals surface area contributed by atoms with Gasteiger partial charge in [0.2, 0.25) is 0 Å². The Hall–Kier alpha value is -1.32. The molecule has 0 amide bonds. The first-order valence-corrected chi connectivity index (χ1v) is 12.4. The Morgan fingerprint density at radius 1 is 1.00 bits per heavy atom. The van der Waals surface area contributed by atoms with Gasteiger partial charge in [0.1, 0.15) is 18.3 Å². The van der Waals surface area contributed by atoms with E-state index in [9.17, 15) is 30.0 Å². The zero-order valence-corrected chi connectivity index (χ0v) is 19.4. The minimum atomic E-state index is -1.72. The van der Waals surface area contributed by atoms with E-state index in [0.29, 0.717) is 24.2 Å². The highest BCUT2D eigenvalue weighted by atomic mass is 16.7.